The molecule has 1 N–H and O–H groups in total. The number of rotatable bonds is 2. The summed E-state index contributed by atoms with van der Waals surface area (Å²) in [6.07, 6.45) is 0.710. The maximum Gasteiger partial charge on any atom is 0.165 e. The lowest BCUT2D eigenvalue weighted by Crippen LogP contribution is -2.14. The standard InChI is InChI=1S/C10H8ClF3O/c11-6-3-7(12)9(14)5(8(6)13)4-10(15)1-2-10/h3,15H,1-2,4H2. The lowest BCUT2D eigenvalue weighted by Gasteiger charge is -2.10. The number of halogens is 4. The van der Waals surface area contributed by atoms with Crippen LogP contribution in [-0.4, -0.2) is 10.7 Å². The van der Waals surface area contributed by atoms with Gasteiger partial charge in [0.15, 0.2) is 11.6 Å². The van der Waals surface area contributed by atoms with Gasteiger partial charge in [-0.3, -0.25) is 0 Å². The molecular formula is C10H8ClF3O. The quantitative estimate of drug-likeness (QED) is 0.783. The van der Waals surface area contributed by atoms with E-state index in [4.69, 9.17) is 11.6 Å². The van der Waals surface area contributed by atoms with E-state index in [0.717, 1.165) is 0 Å². The Balaban J connectivity index is 2.44. The van der Waals surface area contributed by atoms with Crippen molar-refractivity contribution in [1.82, 2.24) is 0 Å². The van der Waals surface area contributed by atoms with Crippen LogP contribution in [0.3, 0.4) is 0 Å². The molecule has 2 rings (SSSR count). The predicted octanol–water partition coefficient (Wildman–Crippen LogP) is 2.82. The summed E-state index contributed by atoms with van der Waals surface area (Å²) in [7, 11) is 0. The van der Waals surface area contributed by atoms with E-state index in [9.17, 15) is 18.3 Å². The predicted molar refractivity (Wildman–Crippen MR) is 49.2 cm³/mol. The summed E-state index contributed by atoms with van der Waals surface area (Å²) < 4.78 is 39.5. The highest BCUT2D eigenvalue weighted by Crippen LogP contribution is 2.40. The molecule has 0 aromatic heterocycles. The van der Waals surface area contributed by atoms with Crippen LogP contribution in [0.4, 0.5) is 13.2 Å². The van der Waals surface area contributed by atoms with Gasteiger partial charge in [0.05, 0.1) is 10.6 Å². The van der Waals surface area contributed by atoms with Crippen LogP contribution >= 0.6 is 11.6 Å². The Morgan fingerprint density at radius 3 is 2.40 bits per heavy atom. The minimum Gasteiger partial charge on any atom is -0.390 e. The molecule has 0 amide bonds. The molecule has 82 valence electrons. The van der Waals surface area contributed by atoms with Gasteiger partial charge in [0, 0.05) is 12.0 Å². The van der Waals surface area contributed by atoms with E-state index in [-0.39, 0.29) is 6.42 Å². The van der Waals surface area contributed by atoms with Gasteiger partial charge in [-0.15, -0.1) is 0 Å². The summed E-state index contributed by atoms with van der Waals surface area (Å²) in [5.74, 6) is -3.45. The first-order valence-corrected chi connectivity index (χ1v) is 4.85. The third-order valence-corrected chi connectivity index (χ3v) is 2.81. The molecule has 1 nitrogen and oxygen atoms in total. The van der Waals surface area contributed by atoms with Gasteiger partial charge in [-0.05, 0) is 18.9 Å². The first kappa shape index (κ1) is 10.8. The highest BCUT2D eigenvalue weighted by Gasteiger charge is 2.42. The van der Waals surface area contributed by atoms with Gasteiger partial charge in [-0.25, -0.2) is 13.2 Å². The Labute approximate surface area is 89.5 Å². The zero-order valence-electron chi connectivity index (χ0n) is 7.66. The molecule has 15 heavy (non-hydrogen) atoms. The third-order valence-electron chi connectivity index (χ3n) is 2.54. The second-order valence-electron chi connectivity index (χ2n) is 3.85. The van der Waals surface area contributed by atoms with Crippen molar-refractivity contribution in [2.45, 2.75) is 24.9 Å². The first-order valence-electron chi connectivity index (χ1n) is 4.47. The molecule has 1 fully saturated rings. The topological polar surface area (TPSA) is 20.2 Å². The van der Waals surface area contributed by atoms with Crippen LogP contribution in [0.5, 0.6) is 0 Å². The van der Waals surface area contributed by atoms with E-state index < -0.39 is 33.6 Å². The second-order valence-corrected chi connectivity index (χ2v) is 4.26. The fourth-order valence-electron chi connectivity index (χ4n) is 1.43. The van der Waals surface area contributed by atoms with E-state index in [2.05, 4.69) is 0 Å². The molecule has 0 bridgehead atoms. The molecule has 1 aromatic rings. The second kappa shape index (κ2) is 3.39. The Kier molecular flexibility index (Phi) is 2.43. The van der Waals surface area contributed by atoms with Crippen molar-refractivity contribution < 1.29 is 18.3 Å². The Morgan fingerprint density at radius 1 is 1.27 bits per heavy atom. The fourth-order valence-corrected chi connectivity index (χ4v) is 1.64. The van der Waals surface area contributed by atoms with Gasteiger partial charge in [0.25, 0.3) is 0 Å². The summed E-state index contributed by atoms with van der Waals surface area (Å²) in [5, 5.41) is 9.05. The van der Waals surface area contributed by atoms with Crippen molar-refractivity contribution in [3.63, 3.8) is 0 Å². The minimum atomic E-state index is -1.27. The molecule has 1 aliphatic carbocycles. The normalized spacial score (nSPS) is 17.9. The average Bonchev–Trinajstić information content (AvgIpc) is 2.89. The van der Waals surface area contributed by atoms with Crippen molar-refractivity contribution in [3.8, 4) is 0 Å². The van der Waals surface area contributed by atoms with Gasteiger partial charge in [0.1, 0.15) is 5.82 Å². The van der Waals surface area contributed by atoms with E-state index in [0.29, 0.717) is 18.9 Å². The molecule has 0 unspecified atom stereocenters. The van der Waals surface area contributed by atoms with Gasteiger partial charge < -0.3 is 5.11 Å². The molecular weight excluding hydrogens is 229 g/mol. The highest BCUT2D eigenvalue weighted by molar-refractivity contribution is 6.30. The molecule has 1 saturated carbocycles. The Hall–Kier alpha value is -0.740. The molecule has 0 spiro atoms. The zero-order valence-corrected chi connectivity index (χ0v) is 8.41. The van der Waals surface area contributed by atoms with Gasteiger partial charge in [0.2, 0.25) is 0 Å². The monoisotopic (exact) mass is 236 g/mol. The summed E-state index contributed by atoms with van der Waals surface area (Å²) in [4.78, 5) is 0. The summed E-state index contributed by atoms with van der Waals surface area (Å²) >= 11 is 5.38. The first-order chi connectivity index (χ1) is 6.93. The van der Waals surface area contributed by atoms with Crippen LogP contribution in [-0.2, 0) is 6.42 Å². The van der Waals surface area contributed by atoms with E-state index in [1.165, 1.54) is 0 Å². The van der Waals surface area contributed by atoms with Crippen LogP contribution in [0.2, 0.25) is 5.02 Å². The van der Waals surface area contributed by atoms with Crippen LogP contribution in [0.1, 0.15) is 18.4 Å². The lowest BCUT2D eigenvalue weighted by molar-refractivity contribution is 0.148. The van der Waals surface area contributed by atoms with Crippen molar-refractivity contribution in [3.05, 3.63) is 34.1 Å². The van der Waals surface area contributed by atoms with E-state index >= 15 is 0 Å². The molecule has 0 saturated heterocycles. The van der Waals surface area contributed by atoms with Gasteiger partial charge >= 0.3 is 0 Å². The Bertz CT molecular complexity index is 389. The average molecular weight is 237 g/mol. The van der Waals surface area contributed by atoms with Crippen molar-refractivity contribution in [1.29, 1.82) is 0 Å². The Morgan fingerprint density at radius 2 is 1.87 bits per heavy atom. The molecule has 0 heterocycles. The van der Waals surface area contributed by atoms with Crippen molar-refractivity contribution >= 4 is 11.6 Å². The van der Waals surface area contributed by atoms with Crippen LogP contribution in [0.15, 0.2) is 6.07 Å². The van der Waals surface area contributed by atoms with Crippen molar-refractivity contribution in [2.24, 2.45) is 0 Å². The number of benzene rings is 1. The molecule has 0 radical (unpaired) electrons. The maximum absolute atomic E-state index is 13.4. The fraction of sp³-hybridized carbons (Fsp3) is 0.400. The smallest absolute Gasteiger partial charge is 0.165 e. The van der Waals surface area contributed by atoms with E-state index in [1.807, 2.05) is 0 Å². The molecule has 1 aliphatic rings. The van der Waals surface area contributed by atoms with Crippen LogP contribution < -0.4 is 0 Å². The summed E-state index contributed by atoms with van der Waals surface area (Å²) in [6, 6.07) is 0.590. The largest absolute Gasteiger partial charge is 0.390 e. The summed E-state index contributed by atoms with van der Waals surface area (Å²) in [6.45, 7) is 0. The molecule has 5 heteroatoms. The highest BCUT2D eigenvalue weighted by atomic mass is 35.5. The van der Waals surface area contributed by atoms with Crippen LogP contribution in [0.25, 0.3) is 0 Å². The van der Waals surface area contributed by atoms with Gasteiger partial charge in [-0.1, -0.05) is 11.6 Å². The number of hydrogen-bond donors (Lipinski definition) is 1. The van der Waals surface area contributed by atoms with Gasteiger partial charge in [-0.2, -0.15) is 0 Å². The van der Waals surface area contributed by atoms with Crippen LogP contribution in [0, 0.1) is 17.5 Å². The molecule has 1 aromatic carbocycles. The van der Waals surface area contributed by atoms with E-state index in [1.54, 1.807) is 0 Å². The van der Waals surface area contributed by atoms with Crippen molar-refractivity contribution in [2.75, 3.05) is 0 Å². The third kappa shape index (κ3) is 1.96. The SMILES string of the molecule is OC1(Cc2c(F)c(F)cc(Cl)c2F)CC1. The lowest BCUT2D eigenvalue weighted by atomic mass is 10.0. The number of aliphatic hydroxyl groups is 1. The number of hydrogen-bond acceptors (Lipinski definition) is 1. The molecule has 0 aliphatic heterocycles. The minimum absolute atomic E-state index is 0.234. The summed E-state index contributed by atoms with van der Waals surface area (Å²) in [5.41, 5.74) is -1.56. The maximum atomic E-state index is 13.4. The molecule has 0 atom stereocenters. The zero-order chi connectivity index (χ0) is 11.2.